The highest BCUT2D eigenvalue weighted by molar-refractivity contribution is 6.33. The highest BCUT2D eigenvalue weighted by Crippen LogP contribution is 2.35. The second-order valence-corrected chi connectivity index (χ2v) is 13.6. The smallest absolute Gasteiger partial charge is 0.262 e. The van der Waals surface area contributed by atoms with Crippen molar-refractivity contribution < 1.29 is 42.8 Å². The van der Waals surface area contributed by atoms with Crippen LogP contribution in [-0.2, 0) is 30.8 Å². The van der Waals surface area contributed by atoms with Crippen LogP contribution in [0.1, 0.15) is 33.6 Å². The lowest BCUT2D eigenvalue weighted by Gasteiger charge is -2.29. The number of fused-ring (bicyclic) bond motifs is 4. The van der Waals surface area contributed by atoms with E-state index in [-0.39, 0.29) is 17.7 Å². The fourth-order valence-electron chi connectivity index (χ4n) is 6.73. The number of piperidine rings is 1. The summed E-state index contributed by atoms with van der Waals surface area (Å²) in [6, 6.07) is 13.8. The number of rotatable bonds is 19. The van der Waals surface area contributed by atoms with E-state index in [0.717, 1.165) is 37.8 Å². The van der Waals surface area contributed by atoms with Crippen LogP contribution in [0.15, 0.2) is 79.4 Å². The van der Waals surface area contributed by atoms with Gasteiger partial charge in [-0.2, -0.15) is 0 Å². The van der Waals surface area contributed by atoms with Gasteiger partial charge in [0.05, 0.1) is 74.5 Å². The van der Waals surface area contributed by atoms with Crippen molar-refractivity contribution in [1.29, 1.82) is 0 Å². The highest BCUT2D eigenvalue weighted by atomic mass is 35.5. The average Bonchev–Trinajstić information content (AvgIpc) is 3.62. The van der Waals surface area contributed by atoms with Gasteiger partial charge in [-0.3, -0.25) is 24.3 Å². The van der Waals surface area contributed by atoms with E-state index in [4.69, 9.17) is 40.0 Å². The normalized spacial score (nSPS) is 15.5. The predicted molar refractivity (Wildman–Crippen MR) is 208 cm³/mol. The largest absolute Gasteiger partial charge is 0.491 e. The standard InChI is InChI=1S/C41H42ClN5O9/c1-26-3-8-36(39(48)45-26)47-40(49)30-7-5-28(22-31(30)41(47)50)55-19-17-53-15-13-51-11-12-52-14-16-54-18-20-56-38-23-34(42)32(25-44-38)27-4-6-29-33-24-43-10-9-35(33)46(2)37(29)21-27/h4-7,9-10,21-25,36H,1,3,8,11-20H2,2H3,(H,45,48). The van der Waals surface area contributed by atoms with Crippen LogP contribution in [0.5, 0.6) is 11.6 Å². The lowest BCUT2D eigenvalue weighted by Crippen LogP contribution is -2.51. The molecule has 2 aromatic carbocycles. The van der Waals surface area contributed by atoms with Crippen LogP contribution in [0.3, 0.4) is 0 Å². The van der Waals surface area contributed by atoms with E-state index in [9.17, 15) is 14.4 Å². The fourth-order valence-corrected chi connectivity index (χ4v) is 6.98. The maximum Gasteiger partial charge on any atom is 0.262 e. The number of halogens is 1. The van der Waals surface area contributed by atoms with Crippen LogP contribution in [0.25, 0.3) is 32.9 Å². The molecule has 0 aliphatic carbocycles. The van der Waals surface area contributed by atoms with Gasteiger partial charge in [0.15, 0.2) is 0 Å². The van der Waals surface area contributed by atoms with Crippen LogP contribution in [0.4, 0.5) is 0 Å². The minimum Gasteiger partial charge on any atom is -0.491 e. The summed E-state index contributed by atoms with van der Waals surface area (Å²) in [7, 11) is 2.04. The Bertz CT molecular complexity index is 2260. The summed E-state index contributed by atoms with van der Waals surface area (Å²) in [6.45, 7) is 7.40. The van der Waals surface area contributed by atoms with Crippen molar-refractivity contribution >= 4 is 51.1 Å². The van der Waals surface area contributed by atoms with Gasteiger partial charge in [0, 0.05) is 59.3 Å². The Kier molecular flexibility index (Phi) is 12.5. The quantitative estimate of drug-likeness (QED) is 0.0852. The molecule has 5 heterocycles. The summed E-state index contributed by atoms with van der Waals surface area (Å²) in [6.07, 6.45) is 6.25. The van der Waals surface area contributed by atoms with Gasteiger partial charge >= 0.3 is 0 Å². The third-order valence-corrected chi connectivity index (χ3v) is 9.87. The van der Waals surface area contributed by atoms with Crippen molar-refractivity contribution in [1.82, 2.24) is 24.8 Å². The van der Waals surface area contributed by atoms with Crippen LogP contribution in [0, 0.1) is 0 Å². The molecule has 1 N–H and O–H groups in total. The molecule has 0 radical (unpaired) electrons. The van der Waals surface area contributed by atoms with Crippen LogP contribution in [-0.4, -0.2) is 109 Å². The van der Waals surface area contributed by atoms with E-state index in [1.165, 1.54) is 6.07 Å². The van der Waals surface area contributed by atoms with Crippen LogP contribution in [0.2, 0.25) is 5.02 Å². The molecule has 1 saturated heterocycles. The number of nitrogens with one attached hydrogen (secondary N) is 1. The molecule has 1 unspecified atom stereocenters. The number of aryl methyl sites for hydroxylation is 1. The summed E-state index contributed by atoms with van der Waals surface area (Å²) in [4.78, 5) is 48.0. The Labute approximate surface area is 328 Å². The first-order valence-corrected chi connectivity index (χ1v) is 18.7. The molecule has 0 spiro atoms. The van der Waals surface area contributed by atoms with E-state index in [0.29, 0.717) is 94.7 Å². The SMILES string of the molecule is C=C1CCC(N2C(=O)c3ccc(OCCOCCOCCOCCOCCOc4cc(Cl)c(-c5ccc6c7cnccc7n(C)c6c5)cn4)cc3C2=O)C(=O)N1. The lowest BCUT2D eigenvalue weighted by atomic mass is 10.0. The van der Waals surface area contributed by atoms with E-state index >= 15 is 0 Å². The third-order valence-electron chi connectivity index (χ3n) is 9.56. The number of nitrogens with zero attached hydrogens (tertiary/aromatic N) is 4. The Morgan fingerprint density at radius 2 is 1.43 bits per heavy atom. The first kappa shape index (κ1) is 38.9. The van der Waals surface area contributed by atoms with Crippen molar-refractivity contribution in [2.75, 3.05) is 66.1 Å². The molecule has 0 bridgehead atoms. The van der Waals surface area contributed by atoms with Crippen molar-refractivity contribution in [3.63, 3.8) is 0 Å². The number of ether oxygens (including phenoxy) is 6. The third kappa shape index (κ3) is 8.69. The summed E-state index contributed by atoms with van der Waals surface area (Å²) >= 11 is 6.64. The van der Waals surface area contributed by atoms with Crippen LogP contribution >= 0.6 is 11.6 Å². The Morgan fingerprint density at radius 3 is 2.12 bits per heavy atom. The van der Waals surface area contributed by atoms with Crippen molar-refractivity contribution in [3.05, 3.63) is 95.5 Å². The average molecular weight is 784 g/mol. The number of hydrogen-bond acceptors (Lipinski definition) is 11. The van der Waals surface area contributed by atoms with Gasteiger partial charge in [-0.1, -0.05) is 30.3 Å². The number of aromatic nitrogens is 3. The molecule has 2 aliphatic heterocycles. The molecule has 14 nitrogen and oxygen atoms in total. The zero-order valence-electron chi connectivity index (χ0n) is 31.0. The van der Waals surface area contributed by atoms with Crippen molar-refractivity contribution in [3.8, 4) is 22.8 Å². The summed E-state index contributed by atoms with van der Waals surface area (Å²) < 4.78 is 35.9. The van der Waals surface area contributed by atoms with Gasteiger partial charge in [-0.25, -0.2) is 4.98 Å². The number of hydrogen-bond donors (Lipinski definition) is 1. The minimum atomic E-state index is -0.857. The maximum atomic E-state index is 13.0. The monoisotopic (exact) mass is 783 g/mol. The van der Waals surface area contributed by atoms with E-state index in [1.807, 2.05) is 25.4 Å². The zero-order valence-corrected chi connectivity index (χ0v) is 31.7. The fraction of sp³-hybridized carbons (Fsp3) is 0.341. The summed E-state index contributed by atoms with van der Waals surface area (Å²) in [5, 5.41) is 5.42. The molecule has 292 valence electrons. The van der Waals surface area contributed by atoms with Gasteiger partial charge < -0.3 is 38.3 Å². The Morgan fingerprint density at radius 1 is 0.750 bits per heavy atom. The van der Waals surface area contributed by atoms with Gasteiger partial charge in [-0.15, -0.1) is 0 Å². The van der Waals surface area contributed by atoms with Gasteiger partial charge in [0.25, 0.3) is 11.8 Å². The lowest BCUT2D eigenvalue weighted by molar-refractivity contribution is -0.125. The zero-order chi connectivity index (χ0) is 39.0. The molecule has 3 amide bonds. The second kappa shape index (κ2) is 18.0. The van der Waals surface area contributed by atoms with E-state index in [1.54, 1.807) is 30.6 Å². The number of amides is 3. The first-order valence-electron chi connectivity index (χ1n) is 18.4. The molecule has 5 aromatic rings. The summed E-state index contributed by atoms with van der Waals surface area (Å²) in [5.41, 5.74) is 5.04. The Balaban J connectivity index is 0.704. The van der Waals surface area contributed by atoms with Crippen molar-refractivity contribution in [2.45, 2.75) is 18.9 Å². The molecular formula is C41H42ClN5O9. The van der Waals surface area contributed by atoms with Gasteiger partial charge in [0.2, 0.25) is 11.8 Å². The number of benzene rings is 2. The number of imide groups is 1. The summed E-state index contributed by atoms with van der Waals surface area (Å²) in [5.74, 6) is -0.545. The second-order valence-electron chi connectivity index (χ2n) is 13.2. The molecule has 1 fully saturated rings. The molecule has 56 heavy (non-hydrogen) atoms. The van der Waals surface area contributed by atoms with Gasteiger partial charge in [-0.05, 0) is 48.7 Å². The van der Waals surface area contributed by atoms with E-state index in [2.05, 4.69) is 38.6 Å². The molecule has 1 atom stereocenters. The molecule has 0 saturated carbocycles. The Hall–Kier alpha value is -5.38. The highest BCUT2D eigenvalue weighted by Gasteiger charge is 2.44. The molecule has 15 heteroatoms. The van der Waals surface area contributed by atoms with Crippen LogP contribution < -0.4 is 14.8 Å². The number of carbonyl (C=O) groups is 3. The van der Waals surface area contributed by atoms with Crippen molar-refractivity contribution in [2.24, 2.45) is 7.05 Å². The maximum absolute atomic E-state index is 13.0. The number of carbonyl (C=O) groups excluding carboxylic acids is 3. The molecule has 3 aromatic heterocycles. The number of pyridine rings is 2. The predicted octanol–water partition coefficient (Wildman–Crippen LogP) is 5.35. The molecule has 7 rings (SSSR count). The van der Waals surface area contributed by atoms with E-state index < -0.39 is 23.8 Å². The van der Waals surface area contributed by atoms with Gasteiger partial charge in [0.1, 0.15) is 25.0 Å². The molecule has 2 aliphatic rings. The number of allylic oxidation sites excluding steroid dienone is 1. The first-order chi connectivity index (χ1) is 27.3. The minimum absolute atomic E-state index is 0.216. The molecular weight excluding hydrogens is 742 g/mol. The topological polar surface area (TPSA) is 153 Å².